The molecule has 5 nitrogen and oxygen atoms in total. The fraction of sp³-hybridized carbons (Fsp3) is 0.176. The largest absolute Gasteiger partial charge is 0.484 e. The highest BCUT2D eigenvalue weighted by Gasteiger charge is 2.38. The highest BCUT2D eigenvalue weighted by molar-refractivity contribution is 5.94. The van der Waals surface area contributed by atoms with E-state index in [-0.39, 0.29) is 24.7 Å². The van der Waals surface area contributed by atoms with Crippen molar-refractivity contribution in [3.05, 3.63) is 60.2 Å². The number of alkyl halides is 3. The van der Waals surface area contributed by atoms with Gasteiger partial charge in [-0.2, -0.15) is 13.2 Å². The molecule has 2 aromatic rings. The predicted molar refractivity (Wildman–Crippen MR) is 84.9 cm³/mol. The van der Waals surface area contributed by atoms with Gasteiger partial charge in [0, 0.05) is 12.2 Å². The van der Waals surface area contributed by atoms with E-state index in [0.717, 1.165) is 0 Å². The van der Waals surface area contributed by atoms with Gasteiger partial charge in [0.15, 0.2) is 6.61 Å². The normalized spacial score (nSPS) is 10.8. The smallest absolute Gasteiger partial charge is 0.471 e. The Morgan fingerprint density at radius 1 is 1.00 bits per heavy atom. The first-order valence-corrected chi connectivity index (χ1v) is 7.26. The van der Waals surface area contributed by atoms with Crippen LogP contribution in [0.4, 0.5) is 18.9 Å². The molecule has 132 valence electrons. The third kappa shape index (κ3) is 6.17. The average Bonchev–Trinajstić information content (AvgIpc) is 2.58. The molecule has 0 aliphatic rings. The van der Waals surface area contributed by atoms with Crippen LogP contribution >= 0.6 is 0 Å². The third-order valence-corrected chi connectivity index (χ3v) is 3.05. The summed E-state index contributed by atoms with van der Waals surface area (Å²) in [6, 6.07) is 14.5. The Morgan fingerprint density at radius 2 is 1.72 bits per heavy atom. The van der Waals surface area contributed by atoms with Gasteiger partial charge in [-0.15, -0.1) is 0 Å². The monoisotopic (exact) mass is 352 g/mol. The topological polar surface area (TPSA) is 67.4 Å². The lowest BCUT2D eigenvalue weighted by molar-refractivity contribution is -0.167. The van der Waals surface area contributed by atoms with E-state index in [1.807, 2.05) is 6.07 Å². The van der Waals surface area contributed by atoms with Gasteiger partial charge in [0.05, 0.1) is 0 Å². The van der Waals surface area contributed by atoms with E-state index >= 15 is 0 Å². The van der Waals surface area contributed by atoms with E-state index in [1.165, 1.54) is 18.2 Å². The van der Waals surface area contributed by atoms with Crippen LogP contribution in [0.15, 0.2) is 54.6 Å². The summed E-state index contributed by atoms with van der Waals surface area (Å²) in [6.07, 6.45) is -4.96. The second kappa shape index (κ2) is 8.18. The number of hydrogen-bond acceptors (Lipinski definition) is 3. The minimum Gasteiger partial charge on any atom is -0.484 e. The van der Waals surface area contributed by atoms with E-state index < -0.39 is 12.1 Å². The van der Waals surface area contributed by atoms with Crippen molar-refractivity contribution in [3.63, 3.8) is 0 Å². The first-order valence-electron chi connectivity index (χ1n) is 7.26. The van der Waals surface area contributed by atoms with Crippen LogP contribution in [0.5, 0.6) is 5.75 Å². The maximum absolute atomic E-state index is 12.2. The Hall–Kier alpha value is -3.03. The molecule has 0 atom stereocenters. The zero-order valence-corrected chi connectivity index (χ0v) is 13.0. The highest BCUT2D eigenvalue weighted by Crippen LogP contribution is 2.19. The molecule has 2 N–H and O–H groups in total. The summed E-state index contributed by atoms with van der Waals surface area (Å²) >= 11 is 0. The lowest BCUT2D eigenvalue weighted by Crippen LogP contribution is -2.30. The lowest BCUT2D eigenvalue weighted by Gasteiger charge is -2.10. The van der Waals surface area contributed by atoms with Crippen molar-refractivity contribution in [2.75, 3.05) is 11.9 Å². The van der Waals surface area contributed by atoms with Gasteiger partial charge in [0.25, 0.3) is 5.91 Å². The van der Waals surface area contributed by atoms with Crippen molar-refractivity contribution in [3.8, 4) is 5.75 Å². The second-order valence-corrected chi connectivity index (χ2v) is 5.03. The molecule has 0 unspecified atom stereocenters. The average molecular weight is 352 g/mol. The molecule has 0 saturated carbocycles. The zero-order valence-electron chi connectivity index (χ0n) is 13.0. The standard InChI is InChI=1S/C17H15F3N2O3/c18-17(19,20)16(24)22-13-6-4-5-12(9-13)10-21-15(23)11-25-14-7-2-1-3-8-14/h1-9H,10-11H2,(H,21,23)(H,22,24). The van der Waals surface area contributed by atoms with Crippen molar-refractivity contribution < 1.29 is 27.5 Å². The van der Waals surface area contributed by atoms with E-state index in [9.17, 15) is 22.8 Å². The number of rotatable bonds is 6. The van der Waals surface area contributed by atoms with E-state index in [1.54, 1.807) is 35.6 Å². The molecule has 8 heteroatoms. The van der Waals surface area contributed by atoms with Crippen molar-refractivity contribution in [1.29, 1.82) is 0 Å². The highest BCUT2D eigenvalue weighted by atomic mass is 19.4. The van der Waals surface area contributed by atoms with E-state index in [2.05, 4.69) is 5.32 Å². The molecule has 0 saturated heterocycles. The molecular formula is C17H15F3N2O3. The molecule has 2 rings (SSSR count). The molecular weight excluding hydrogens is 337 g/mol. The van der Waals surface area contributed by atoms with Crippen LogP contribution in [0.3, 0.4) is 0 Å². The number of anilines is 1. The van der Waals surface area contributed by atoms with Crippen molar-refractivity contribution >= 4 is 17.5 Å². The Labute approximate surface area is 141 Å². The van der Waals surface area contributed by atoms with E-state index in [0.29, 0.717) is 11.3 Å². The molecule has 0 bridgehead atoms. The van der Waals surface area contributed by atoms with Crippen molar-refractivity contribution in [2.24, 2.45) is 0 Å². The number of nitrogens with one attached hydrogen (secondary N) is 2. The molecule has 25 heavy (non-hydrogen) atoms. The number of ether oxygens (including phenoxy) is 1. The molecule has 0 aliphatic carbocycles. The van der Waals surface area contributed by atoms with Crippen LogP contribution in [-0.4, -0.2) is 24.6 Å². The van der Waals surface area contributed by atoms with Crippen LogP contribution in [0.1, 0.15) is 5.56 Å². The lowest BCUT2D eigenvalue weighted by atomic mass is 10.2. The number of hydrogen-bond donors (Lipinski definition) is 2. The van der Waals surface area contributed by atoms with Gasteiger partial charge in [-0.1, -0.05) is 30.3 Å². The fourth-order valence-electron chi connectivity index (χ4n) is 1.88. The quantitative estimate of drug-likeness (QED) is 0.840. The number of para-hydroxylation sites is 1. The van der Waals surface area contributed by atoms with E-state index in [4.69, 9.17) is 4.74 Å². The van der Waals surface area contributed by atoms with Crippen LogP contribution < -0.4 is 15.4 Å². The summed E-state index contributed by atoms with van der Waals surface area (Å²) in [5.74, 6) is -1.88. The SMILES string of the molecule is O=C(COc1ccccc1)NCc1cccc(NC(=O)C(F)(F)F)c1. The second-order valence-electron chi connectivity index (χ2n) is 5.03. The molecule has 2 amide bonds. The maximum Gasteiger partial charge on any atom is 0.471 e. The molecule has 0 heterocycles. The summed E-state index contributed by atoms with van der Waals surface area (Å²) in [5, 5.41) is 4.34. The summed E-state index contributed by atoms with van der Waals surface area (Å²) in [4.78, 5) is 22.6. The maximum atomic E-state index is 12.2. The molecule has 0 spiro atoms. The van der Waals surface area contributed by atoms with Gasteiger partial charge in [0.2, 0.25) is 0 Å². The third-order valence-electron chi connectivity index (χ3n) is 3.05. The summed E-state index contributed by atoms with van der Waals surface area (Å²) < 4.78 is 42.0. The first-order chi connectivity index (χ1) is 11.8. The van der Waals surface area contributed by atoms with Gasteiger partial charge in [-0.25, -0.2) is 0 Å². The Bertz CT molecular complexity index is 733. The Balaban J connectivity index is 1.83. The Morgan fingerprint density at radius 3 is 2.40 bits per heavy atom. The molecule has 2 aromatic carbocycles. The fourth-order valence-corrected chi connectivity index (χ4v) is 1.88. The Kier molecular flexibility index (Phi) is 5.99. The summed E-state index contributed by atoms with van der Waals surface area (Å²) in [6.45, 7) is -0.0960. The van der Waals surface area contributed by atoms with Crippen molar-refractivity contribution in [2.45, 2.75) is 12.7 Å². The zero-order chi connectivity index (χ0) is 18.3. The number of carbonyl (C=O) groups excluding carboxylic acids is 2. The van der Waals surface area contributed by atoms with Gasteiger partial charge in [-0.3, -0.25) is 9.59 Å². The van der Waals surface area contributed by atoms with Crippen molar-refractivity contribution in [1.82, 2.24) is 5.32 Å². The van der Waals surface area contributed by atoms with Crippen LogP contribution in [0, 0.1) is 0 Å². The van der Waals surface area contributed by atoms with Gasteiger partial charge < -0.3 is 15.4 Å². The van der Waals surface area contributed by atoms with Crippen LogP contribution in [0.2, 0.25) is 0 Å². The number of benzene rings is 2. The molecule has 0 aliphatic heterocycles. The molecule has 0 aromatic heterocycles. The number of carbonyl (C=O) groups is 2. The molecule has 0 radical (unpaired) electrons. The van der Waals surface area contributed by atoms with Gasteiger partial charge >= 0.3 is 12.1 Å². The first kappa shape index (κ1) is 18.3. The minimum atomic E-state index is -4.96. The number of halogens is 3. The van der Waals surface area contributed by atoms with Crippen LogP contribution in [-0.2, 0) is 16.1 Å². The predicted octanol–water partition coefficient (Wildman–Crippen LogP) is 2.88. The van der Waals surface area contributed by atoms with Crippen LogP contribution in [0.25, 0.3) is 0 Å². The van der Waals surface area contributed by atoms with Gasteiger partial charge in [-0.05, 0) is 29.8 Å². The minimum absolute atomic E-state index is 0.00499. The van der Waals surface area contributed by atoms with Gasteiger partial charge in [0.1, 0.15) is 5.75 Å². The molecule has 0 fully saturated rings. The number of amides is 2. The summed E-state index contributed by atoms with van der Waals surface area (Å²) in [5.41, 5.74) is 0.530. The summed E-state index contributed by atoms with van der Waals surface area (Å²) in [7, 11) is 0.